The lowest BCUT2D eigenvalue weighted by Gasteiger charge is -2.12. The van der Waals surface area contributed by atoms with Crippen LogP contribution in [0.3, 0.4) is 0 Å². The second-order valence-corrected chi connectivity index (χ2v) is 4.18. The second-order valence-electron chi connectivity index (χ2n) is 4.18. The van der Waals surface area contributed by atoms with E-state index in [0.717, 1.165) is 19.6 Å². The van der Waals surface area contributed by atoms with Crippen LogP contribution in [-0.4, -0.2) is 39.2 Å². The van der Waals surface area contributed by atoms with Crippen LogP contribution in [0.1, 0.15) is 11.1 Å². The van der Waals surface area contributed by atoms with E-state index < -0.39 is 0 Å². The van der Waals surface area contributed by atoms with Gasteiger partial charge in [0.15, 0.2) is 0 Å². The molecule has 1 aromatic carbocycles. The molecule has 0 heterocycles. The maximum absolute atomic E-state index is 5.18. The molecule has 0 saturated heterocycles. The number of ether oxygens (including phenoxy) is 1. The van der Waals surface area contributed by atoms with Gasteiger partial charge in [0.2, 0.25) is 0 Å². The molecule has 1 aromatic rings. The van der Waals surface area contributed by atoms with Crippen LogP contribution in [0, 0.1) is 0 Å². The molecule has 0 aliphatic carbocycles. The van der Waals surface area contributed by atoms with E-state index >= 15 is 0 Å². The highest BCUT2D eigenvalue weighted by molar-refractivity contribution is 5.26. The van der Waals surface area contributed by atoms with Crippen LogP contribution < -0.4 is 5.32 Å². The Labute approximate surface area is 98.4 Å². The third-order valence-electron chi connectivity index (χ3n) is 2.47. The fourth-order valence-electron chi connectivity index (χ4n) is 1.55. The van der Waals surface area contributed by atoms with Gasteiger partial charge in [0, 0.05) is 26.7 Å². The fourth-order valence-corrected chi connectivity index (χ4v) is 1.55. The Bertz CT molecular complexity index is 300. The molecule has 0 radical (unpaired) electrons. The van der Waals surface area contributed by atoms with Crippen molar-refractivity contribution in [1.82, 2.24) is 10.2 Å². The van der Waals surface area contributed by atoms with E-state index in [4.69, 9.17) is 4.74 Å². The molecule has 0 saturated carbocycles. The van der Waals surface area contributed by atoms with Crippen molar-refractivity contribution in [3.63, 3.8) is 0 Å². The van der Waals surface area contributed by atoms with E-state index in [1.165, 1.54) is 11.1 Å². The molecule has 0 aromatic heterocycles. The molecule has 3 nitrogen and oxygen atoms in total. The summed E-state index contributed by atoms with van der Waals surface area (Å²) in [6.07, 6.45) is 0. The van der Waals surface area contributed by atoms with Crippen molar-refractivity contribution < 1.29 is 4.74 Å². The van der Waals surface area contributed by atoms with Gasteiger partial charge in [0.1, 0.15) is 0 Å². The minimum absolute atomic E-state index is 0.686. The quantitative estimate of drug-likeness (QED) is 0.707. The highest BCUT2D eigenvalue weighted by Gasteiger charge is 2.00. The molecule has 16 heavy (non-hydrogen) atoms. The molecule has 0 bridgehead atoms. The highest BCUT2D eigenvalue weighted by atomic mass is 16.5. The van der Waals surface area contributed by atoms with Gasteiger partial charge in [-0.05, 0) is 25.2 Å². The molecule has 0 aliphatic rings. The molecule has 90 valence electrons. The SMILES string of the molecule is COCc1ccccc1CNCCN(C)C. The van der Waals surface area contributed by atoms with E-state index in [1.54, 1.807) is 7.11 Å². The lowest BCUT2D eigenvalue weighted by atomic mass is 10.1. The molecular formula is C13H22N2O. The standard InChI is InChI=1S/C13H22N2O/c1-15(2)9-8-14-10-12-6-4-5-7-13(12)11-16-3/h4-7,14H,8-11H2,1-3H3. The molecule has 0 amide bonds. The van der Waals surface area contributed by atoms with Gasteiger partial charge < -0.3 is 15.0 Å². The number of nitrogens with zero attached hydrogens (tertiary/aromatic N) is 1. The Balaban J connectivity index is 2.40. The van der Waals surface area contributed by atoms with Gasteiger partial charge in [0.05, 0.1) is 6.61 Å². The van der Waals surface area contributed by atoms with Gasteiger partial charge in [0.25, 0.3) is 0 Å². The lowest BCUT2D eigenvalue weighted by Crippen LogP contribution is -2.26. The summed E-state index contributed by atoms with van der Waals surface area (Å²) in [4.78, 5) is 2.17. The first-order valence-electron chi connectivity index (χ1n) is 5.65. The van der Waals surface area contributed by atoms with Gasteiger partial charge in [-0.15, -0.1) is 0 Å². The summed E-state index contributed by atoms with van der Waals surface area (Å²) in [6, 6.07) is 8.39. The average Bonchev–Trinajstić information content (AvgIpc) is 2.26. The number of nitrogens with one attached hydrogen (secondary N) is 1. The van der Waals surface area contributed by atoms with E-state index in [0.29, 0.717) is 6.61 Å². The van der Waals surface area contributed by atoms with Crippen LogP contribution in [0.25, 0.3) is 0 Å². The number of rotatable bonds is 7. The molecule has 0 spiro atoms. The van der Waals surface area contributed by atoms with Crippen molar-refractivity contribution in [2.75, 3.05) is 34.3 Å². The van der Waals surface area contributed by atoms with Crippen LogP contribution in [0.4, 0.5) is 0 Å². The maximum Gasteiger partial charge on any atom is 0.0716 e. The molecule has 0 fully saturated rings. The van der Waals surface area contributed by atoms with Crippen molar-refractivity contribution in [3.05, 3.63) is 35.4 Å². The summed E-state index contributed by atoms with van der Waals surface area (Å²) in [6.45, 7) is 3.67. The molecule has 0 aliphatic heterocycles. The van der Waals surface area contributed by atoms with Crippen molar-refractivity contribution >= 4 is 0 Å². The molecule has 0 atom stereocenters. The van der Waals surface area contributed by atoms with Crippen molar-refractivity contribution in [2.24, 2.45) is 0 Å². The van der Waals surface area contributed by atoms with Crippen molar-refractivity contribution in [1.29, 1.82) is 0 Å². The minimum atomic E-state index is 0.686. The molecule has 1 rings (SSSR count). The lowest BCUT2D eigenvalue weighted by molar-refractivity contribution is 0.184. The van der Waals surface area contributed by atoms with Gasteiger partial charge in [-0.1, -0.05) is 24.3 Å². The van der Waals surface area contributed by atoms with E-state index in [2.05, 4.69) is 48.6 Å². The predicted octanol–water partition coefficient (Wildman–Crippen LogP) is 1.48. The normalized spacial score (nSPS) is 11.0. The Kier molecular flexibility index (Phi) is 6.08. The third kappa shape index (κ3) is 4.75. The largest absolute Gasteiger partial charge is 0.380 e. The van der Waals surface area contributed by atoms with Gasteiger partial charge >= 0.3 is 0 Å². The van der Waals surface area contributed by atoms with Crippen LogP contribution >= 0.6 is 0 Å². The first-order valence-corrected chi connectivity index (χ1v) is 5.65. The molecule has 0 unspecified atom stereocenters. The fraction of sp³-hybridized carbons (Fsp3) is 0.538. The van der Waals surface area contributed by atoms with Crippen LogP contribution in [0.5, 0.6) is 0 Å². The van der Waals surface area contributed by atoms with Crippen molar-refractivity contribution in [2.45, 2.75) is 13.2 Å². The Hall–Kier alpha value is -0.900. The number of likely N-dealkylation sites (N-methyl/N-ethyl adjacent to an activating group) is 1. The van der Waals surface area contributed by atoms with Crippen LogP contribution in [-0.2, 0) is 17.9 Å². The summed E-state index contributed by atoms with van der Waals surface area (Å²) in [5.41, 5.74) is 2.59. The number of hydrogen-bond acceptors (Lipinski definition) is 3. The summed E-state index contributed by atoms with van der Waals surface area (Å²) in [5.74, 6) is 0. The monoisotopic (exact) mass is 222 g/mol. The minimum Gasteiger partial charge on any atom is -0.380 e. The summed E-state index contributed by atoms with van der Waals surface area (Å²) in [5, 5.41) is 3.43. The van der Waals surface area contributed by atoms with Crippen molar-refractivity contribution in [3.8, 4) is 0 Å². The van der Waals surface area contributed by atoms with E-state index in [9.17, 15) is 0 Å². The average molecular weight is 222 g/mol. The second kappa shape index (κ2) is 7.39. The molecule has 1 N–H and O–H groups in total. The Morgan fingerprint density at radius 3 is 2.50 bits per heavy atom. The van der Waals surface area contributed by atoms with Gasteiger partial charge in [-0.2, -0.15) is 0 Å². The predicted molar refractivity (Wildman–Crippen MR) is 67.4 cm³/mol. The van der Waals surface area contributed by atoms with Gasteiger partial charge in [-0.25, -0.2) is 0 Å². The highest BCUT2D eigenvalue weighted by Crippen LogP contribution is 2.09. The van der Waals surface area contributed by atoms with Crippen LogP contribution in [0.15, 0.2) is 24.3 Å². The number of hydrogen-bond donors (Lipinski definition) is 1. The number of benzene rings is 1. The maximum atomic E-state index is 5.18. The molecular weight excluding hydrogens is 200 g/mol. The summed E-state index contributed by atoms with van der Waals surface area (Å²) in [7, 11) is 5.90. The van der Waals surface area contributed by atoms with E-state index in [-0.39, 0.29) is 0 Å². The summed E-state index contributed by atoms with van der Waals surface area (Å²) >= 11 is 0. The topological polar surface area (TPSA) is 24.5 Å². The van der Waals surface area contributed by atoms with Gasteiger partial charge in [-0.3, -0.25) is 0 Å². The zero-order valence-corrected chi connectivity index (χ0v) is 10.5. The summed E-state index contributed by atoms with van der Waals surface area (Å²) < 4.78 is 5.18. The first kappa shape index (κ1) is 13.2. The smallest absolute Gasteiger partial charge is 0.0716 e. The van der Waals surface area contributed by atoms with Crippen LogP contribution in [0.2, 0.25) is 0 Å². The molecule has 3 heteroatoms. The van der Waals surface area contributed by atoms with E-state index in [1.807, 2.05) is 0 Å². The number of methoxy groups -OCH3 is 1. The zero-order chi connectivity index (χ0) is 11.8. The Morgan fingerprint density at radius 1 is 1.19 bits per heavy atom. The Morgan fingerprint density at radius 2 is 1.88 bits per heavy atom. The first-order chi connectivity index (χ1) is 7.74. The third-order valence-corrected chi connectivity index (χ3v) is 2.47. The zero-order valence-electron chi connectivity index (χ0n) is 10.5.